The van der Waals surface area contributed by atoms with E-state index in [1.807, 2.05) is 0 Å². The normalized spacial score (nSPS) is 28.8. The Morgan fingerprint density at radius 1 is 1.38 bits per heavy atom. The quantitative estimate of drug-likeness (QED) is 0.606. The van der Waals surface area contributed by atoms with Crippen molar-refractivity contribution >= 4 is 33.5 Å². The maximum atomic E-state index is 3.48. The van der Waals surface area contributed by atoms with Crippen LogP contribution in [0.5, 0.6) is 0 Å². The van der Waals surface area contributed by atoms with Gasteiger partial charge in [0.15, 0.2) is 0 Å². The minimum atomic E-state index is 0.720. The van der Waals surface area contributed by atoms with E-state index in [0.717, 1.165) is 17.9 Å². The van der Waals surface area contributed by atoms with E-state index in [2.05, 4.69) is 63.8 Å². The largest absolute Gasteiger partial charge is 0.361 e. The van der Waals surface area contributed by atoms with Gasteiger partial charge in [-0.05, 0) is 48.9 Å². The molecule has 3 heteroatoms. The molecule has 1 saturated heterocycles. The van der Waals surface area contributed by atoms with Gasteiger partial charge in [0.05, 0.1) is 0 Å². The summed E-state index contributed by atoms with van der Waals surface area (Å²) in [7, 11) is 0. The summed E-state index contributed by atoms with van der Waals surface area (Å²) in [6.07, 6.45) is 6.12. The Morgan fingerprint density at radius 2 is 2.29 bits per heavy atom. The highest BCUT2D eigenvalue weighted by atomic mass is 127. The van der Waals surface area contributed by atoms with Gasteiger partial charge in [-0.1, -0.05) is 41.6 Å². The fourth-order valence-electron chi connectivity index (χ4n) is 4.56. The maximum absolute atomic E-state index is 3.48. The molecule has 0 spiro atoms. The summed E-state index contributed by atoms with van der Waals surface area (Å²) in [5.41, 5.74) is 4.48. The molecule has 2 nitrogen and oxygen atoms in total. The van der Waals surface area contributed by atoms with Crippen LogP contribution in [0.15, 0.2) is 24.4 Å². The topological polar surface area (TPSA) is 19.0 Å². The van der Waals surface area contributed by atoms with Gasteiger partial charge in [-0.25, -0.2) is 0 Å². The van der Waals surface area contributed by atoms with Crippen molar-refractivity contribution in [1.82, 2.24) is 9.88 Å². The molecule has 2 aromatic rings. The average molecular weight is 394 g/mol. The Hall–Kier alpha value is -0.550. The van der Waals surface area contributed by atoms with Crippen molar-refractivity contribution in [3.8, 4) is 0 Å². The van der Waals surface area contributed by atoms with Crippen molar-refractivity contribution in [3.63, 3.8) is 0 Å². The second kappa shape index (κ2) is 5.58. The van der Waals surface area contributed by atoms with E-state index in [1.54, 1.807) is 5.56 Å². The number of fused-ring (bicyclic) bond motifs is 2. The number of aromatic amines is 1. The van der Waals surface area contributed by atoms with E-state index in [4.69, 9.17) is 0 Å². The predicted molar refractivity (Wildman–Crippen MR) is 97.4 cm³/mol. The SMILES string of the molecule is CCCN1CC(CI)C[C@@H]2c3cccc4[nH]cc(c34)C[C@H]21. The third-order valence-corrected chi connectivity index (χ3v) is 6.64. The van der Waals surface area contributed by atoms with Gasteiger partial charge in [-0.2, -0.15) is 0 Å². The van der Waals surface area contributed by atoms with E-state index in [9.17, 15) is 0 Å². The maximum Gasteiger partial charge on any atom is 0.0459 e. The summed E-state index contributed by atoms with van der Waals surface area (Å²) in [6, 6.07) is 7.57. The van der Waals surface area contributed by atoms with Gasteiger partial charge >= 0.3 is 0 Å². The Labute approximate surface area is 140 Å². The van der Waals surface area contributed by atoms with Crippen molar-refractivity contribution < 1.29 is 0 Å². The smallest absolute Gasteiger partial charge is 0.0459 e. The second-order valence-electron chi connectivity index (χ2n) is 6.71. The molecular formula is C18H23IN2. The van der Waals surface area contributed by atoms with Gasteiger partial charge in [0.1, 0.15) is 0 Å². The lowest BCUT2D eigenvalue weighted by Gasteiger charge is -2.47. The number of aromatic nitrogens is 1. The number of benzene rings is 1. The molecule has 1 N–H and O–H groups in total. The monoisotopic (exact) mass is 394 g/mol. The number of rotatable bonds is 3. The Morgan fingerprint density at radius 3 is 3.10 bits per heavy atom. The van der Waals surface area contributed by atoms with Gasteiger partial charge in [-0.3, -0.25) is 4.90 Å². The summed E-state index contributed by atoms with van der Waals surface area (Å²) in [4.78, 5) is 6.27. The fraction of sp³-hybridized carbons (Fsp3) is 0.556. The van der Waals surface area contributed by atoms with Gasteiger partial charge in [0.2, 0.25) is 0 Å². The second-order valence-corrected chi connectivity index (χ2v) is 7.59. The Bertz CT molecular complexity index is 648. The molecule has 1 unspecified atom stereocenters. The third-order valence-electron chi connectivity index (χ3n) is 5.39. The van der Waals surface area contributed by atoms with Crippen LogP contribution in [-0.4, -0.2) is 33.4 Å². The molecule has 2 aliphatic rings. The molecule has 0 bridgehead atoms. The number of hydrogen-bond acceptors (Lipinski definition) is 1. The summed E-state index contributed by atoms with van der Waals surface area (Å²) < 4.78 is 1.29. The van der Waals surface area contributed by atoms with Crippen molar-refractivity contribution in [2.75, 3.05) is 17.5 Å². The number of alkyl halides is 1. The van der Waals surface area contributed by atoms with Crippen LogP contribution in [0.4, 0.5) is 0 Å². The van der Waals surface area contributed by atoms with Crippen LogP contribution in [0.3, 0.4) is 0 Å². The highest BCUT2D eigenvalue weighted by Crippen LogP contribution is 2.44. The van der Waals surface area contributed by atoms with Crippen LogP contribution in [0.2, 0.25) is 0 Å². The first-order valence-corrected chi connectivity index (χ1v) is 9.73. The first-order valence-electron chi connectivity index (χ1n) is 8.20. The van der Waals surface area contributed by atoms with E-state index in [1.165, 1.54) is 53.2 Å². The number of hydrogen-bond donors (Lipinski definition) is 1. The minimum Gasteiger partial charge on any atom is -0.361 e. The van der Waals surface area contributed by atoms with Crippen LogP contribution in [0.1, 0.15) is 36.8 Å². The van der Waals surface area contributed by atoms with Crippen molar-refractivity contribution in [2.45, 2.75) is 38.1 Å². The lowest BCUT2D eigenvalue weighted by molar-refractivity contribution is 0.0936. The highest BCUT2D eigenvalue weighted by Gasteiger charge is 2.39. The zero-order chi connectivity index (χ0) is 14.4. The third kappa shape index (κ3) is 2.24. The van der Waals surface area contributed by atoms with Crippen LogP contribution in [-0.2, 0) is 6.42 Å². The highest BCUT2D eigenvalue weighted by molar-refractivity contribution is 14.1. The van der Waals surface area contributed by atoms with Crippen molar-refractivity contribution in [1.29, 1.82) is 0 Å². The van der Waals surface area contributed by atoms with E-state index >= 15 is 0 Å². The molecule has 1 fully saturated rings. The van der Waals surface area contributed by atoms with Crippen molar-refractivity contribution in [2.24, 2.45) is 5.92 Å². The first kappa shape index (κ1) is 14.1. The number of piperidine rings is 1. The van der Waals surface area contributed by atoms with E-state index < -0.39 is 0 Å². The molecule has 0 radical (unpaired) electrons. The number of nitrogens with zero attached hydrogens (tertiary/aromatic N) is 1. The lowest BCUT2D eigenvalue weighted by atomic mass is 9.72. The van der Waals surface area contributed by atoms with Gasteiger partial charge < -0.3 is 4.98 Å². The van der Waals surface area contributed by atoms with Gasteiger partial charge in [0.25, 0.3) is 0 Å². The zero-order valence-corrected chi connectivity index (χ0v) is 14.8. The summed E-state index contributed by atoms with van der Waals surface area (Å²) in [5, 5.41) is 1.53. The molecular weight excluding hydrogens is 371 g/mol. The summed E-state index contributed by atoms with van der Waals surface area (Å²) in [5.74, 6) is 1.59. The van der Waals surface area contributed by atoms with Crippen LogP contribution in [0.25, 0.3) is 10.9 Å². The molecule has 1 aromatic heterocycles. The number of likely N-dealkylation sites (tertiary alicyclic amines) is 1. The van der Waals surface area contributed by atoms with Crippen molar-refractivity contribution in [3.05, 3.63) is 35.5 Å². The first-order chi connectivity index (χ1) is 10.3. The molecule has 0 amide bonds. The molecule has 112 valence electrons. The minimum absolute atomic E-state index is 0.720. The molecule has 21 heavy (non-hydrogen) atoms. The Balaban J connectivity index is 1.79. The predicted octanol–water partition coefficient (Wildman–Crippen LogP) is 4.34. The zero-order valence-electron chi connectivity index (χ0n) is 12.6. The Kier molecular flexibility index (Phi) is 3.74. The molecule has 1 aliphatic carbocycles. The molecule has 4 rings (SSSR count). The lowest BCUT2D eigenvalue weighted by Crippen LogP contribution is -2.50. The standard InChI is InChI=1S/C18H23IN2/c1-2-6-21-11-12(9-19)7-15-14-4-3-5-16-18(14)13(10-20-16)8-17(15)21/h3-5,10,12,15,17,20H,2,6-9,11H2,1H3/t12?,15-,17-/m1/s1. The number of nitrogens with one attached hydrogen (secondary N) is 1. The summed E-state index contributed by atoms with van der Waals surface area (Å²) in [6.45, 7) is 4.87. The van der Waals surface area contributed by atoms with Gasteiger partial charge in [-0.15, -0.1) is 0 Å². The fourth-order valence-corrected chi connectivity index (χ4v) is 5.19. The molecule has 1 aliphatic heterocycles. The van der Waals surface area contributed by atoms with E-state index in [-0.39, 0.29) is 0 Å². The molecule has 0 saturated carbocycles. The van der Waals surface area contributed by atoms with E-state index in [0.29, 0.717) is 0 Å². The van der Waals surface area contributed by atoms with Gasteiger partial charge in [0, 0.05) is 40.0 Å². The molecule has 2 heterocycles. The van der Waals surface area contributed by atoms with Crippen LogP contribution < -0.4 is 0 Å². The average Bonchev–Trinajstić information content (AvgIpc) is 2.93. The number of H-pyrrole nitrogens is 1. The van der Waals surface area contributed by atoms with Crippen LogP contribution >= 0.6 is 22.6 Å². The van der Waals surface area contributed by atoms with Crippen LogP contribution in [0, 0.1) is 5.92 Å². The molecule has 1 aromatic carbocycles. The molecule has 3 atom stereocenters. The summed E-state index contributed by atoms with van der Waals surface area (Å²) >= 11 is 2.58. The number of halogens is 1.